The van der Waals surface area contributed by atoms with Gasteiger partial charge >= 0.3 is 0 Å². The van der Waals surface area contributed by atoms with E-state index < -0.39 is 0 Å². The second-order valence-electron chi connectivity index (χ2n) is 4.19. The van der Waals surface area contributed by atoms with E-state index in [1.165, 1.54) is 16.8 Å². The first-order valence-electron chi connectivity index (χ1n) is 6.89. The number of rotatable bonds is 4. The van der Waals surface area contributed by atoms with Crippen molar-refractivity contribution < 1.29 is 21.7 Å². The molecule has 1 N–H and O–H groups in total. The predicted molar refractivity (Wildman–Crippen MR) is 127 cm³/mol. The van der Waals surface area contributed by atoms with Crippen LogP contribution in [0.4, 0.5) is 5.69 Å². The normalized spacial score (nSPS) is 8.42. The molecule has 0 aliphatic heterocycles. The molecule has 0 aromatic heterocycles. The Morgan fingerprint density at radius 3 is 1.58 bits per heavy atom. The van der Waals surface area contributed by atoms with Crippen molar-refractivity contribution >= 4 is 30.5 Å². The molecular weight excluding hydrogens is 397 g/mol. The Bertz CT molecular complexity index is 386. The van der Waals surface area contributed by atoms with Gasteiger partial charge in [0.25, 0.3) is 0 Å². The monoisotopic (exact) mass is 437 g/mol. The molecule has 0 spiro atoms. The van der Waals surface area contributed by atoms with E-state index in [-0.39, 0.29) is 83.7 Å². The van der Waals surface area contributed by atoms with Crippen LogP contribution in [0.25, 0.3) is 0 Å². The van der Waals surface area contributed by atoms with Crippen LogP contribution in [-0.2, 0) is 34.6 Å². The Kier molecular flexibility index (Phi) is 62.5. The number of anilines is 1. The fraction of sp³-hybridized carbons (Fsp3) is 0.318. The van der Waals surface area contributed by atoms with Crippen molar-refractivity contribution in [2.75, 3.05) is 11.9 Å². The van der Waals surface area contributed by atoms with Crippen molar-refractivity contribution in [2.45, 2.75) is 40.0 Å². The van der Waals surface area contributed by atoms with Crippen LogP contribution in [0, 0.1) is 43.2 Å². The Morgan fingerprint density at radius 1 is 0.885 bits per heavy atom. The number of allylic oxidation sites excluding steroid dienone is 4. The van der Waals surface area contributed by atoms with E-state index in [0.717, 1.165) is 25.8 Å². The molecular formula is C22H41Cl2NTi-6. The van der Waals surface area contributed by atoms with Crippen molar-refractivity contribution in [2.24, 2.45) is 0 Å². The fourth-order valence-electron chi connectivity index (χ4n) is 1.99. The summed E-state index contributed by atoms with van der Waals surface area (Å²) in [5.41, 5.74) is 4.22. The van der Waals surface area contributed by atoms with Gasteiger partial charge in [0.2, 0.25) is 0 Å². The average molecular weight is 438 g/mol. The number of hydrogen-bond donors (Lipinski definition) is 1. The van der Waals surface area contributed by atoms with Crippen LogP contribution in [0.3, 0.4) is 0 Å². The number of aryl methyl sites for hydroxylation is 2. The van der Waals surface area contributed by atoms with Crippen LogP contribution < -0.4 is 5.32 Å². The molecule has 4 heteroatoms. The quantitative estimate of drug-likeness (QED) is 0.376. The van der Waals surface area contributed by atoms with Gasteiger partial charge in [-0.2, -0.15) is 6.08 Å². The summed E-state index contributed by atoms with van der Waals surface area (Å²) in [7, 11) is 0. The molecule has 0 saturated carbocycles. The molecule has 26 heavy (non-hydrogen) atoms. The third-order valence-electron chi connectivity index (χ3n) is 2.94. The van der Waals surface area contributed by atoms with E-state index in [1.54, 1.807) is 0 Å². The summed E-state index contributed by atoms with van der Waals surface area (Å²) in [5.74, 6) is 0. The van der Waals surface area contributed by atoms with Crippen LogP contribution in [-0.4, -0.2) is 6.54 Å². The first-order valence-corrected chi connectivity index (χ1v) is 6.89. The van der Waals surface area contributed by atoms with Crippen LogP contribution in [0.2, 0.25) is 0 Å². The van der Waals surface area contributed by atoms with Gasteiger partial charge in [0.1, 0.15) is 0 Å². The van der Waals surface area contributed by atoms with Crippen molar-refractivity contribution in [1.82, 2.24) is 0 Å². The zero-order chi connectivity index (χ0) is 13.2. The van der Waals surface area contributed by atoms with Crippen molar-refractivity contribution in [3.63, 3.8) is 0 Å². The van der Waals surface area contributed by atoms with Gasteiger partial charge in [-0.1, -0.05) is 32.0 Å². The van der Waals surface area contributed by atoms with Gasteiger partial charge in [-0.25, -0.2) is 12.2 Å². The fourth-order valence-corrected chi connectivity index (χ4v) is 1.99. The average Bonchev–Trinajstić information content (AvgIpc) is 2.98. The molecule has 0 unspecified atom stereocenters. The summed E-state index contributed by atoms with van der Waals surface area (Å²) in [5, 5.41) is 3.45. The van der Waals surface area contributed by atoms with E-state index in [1.807, 2.05) is 12.2 Å². The molecule has 2 rings (SSSR count). The summed E-state index contributed by atoms with van der Waals surface area (Å²) in [6.07, 6.45) is 12.2. The zero-order valence-electron chi connectivity index (χ0n) is 18.1. The van der Waals surface area contributed by atoms with Crippen LogP contribution in [0.15, 0.2) is 36.4 Å². The summed E-state index contributed by atoms with van der Waals surface area (Å²) in [6, 6.07) is 6.56. The maximum absolute atomic E-state index is 3.45. The molecule has 1 aromatic carbocycles. The molecule has 0 heterocycles. The third-order valence-corrected chi connectivity index (χ3v) is 2.94. The minimum Gasteiger partial charge on any atom is -0.385 e. The number of hydrogen-bond acceptors (Lipinski definition) is 1. The van der Waals surface area contributed by atoms with Crippen molar-refractivity contribution in [3.8, 4) is 0 Å². The van der Waals surface area contributed by atoms with Crippen LogP contribution in [0.1, 0.15) is 38.3 Å². The van der Waals surface area contributed by atoms with Crippen LogP contribution in [0.5, 0.6) is 0 Å². The predicted octanol–water partition coefficient (Wildman–Crippen LogP) is 7.64. The maximum Gasteiger partial charge on any atom is 0.0404 e. The second kappa shape index (κ2) is 32.5. The number of nitrogens with one attached hydrogen (secondary N) is 1. The molecule has 0 fully saturated rings. The number of halogens is 2. The molecule has 0 bridgehead atoms. The molecule has 0 atom stereocenters. The van der Waals surface area contributed by atoms with Crippen molar-refractivity contribution in [3.05, 3.63) is 90.8 Å². The molecule has 0 radical (unpaired) electrons. The van der Waals surface area contributed by atoms with Crippen molar-refractivity contribution in [1.29, 1.82) is 0 Å². The van der Waals surface area contributed by atoms with Gasteiger partial charge in [-0.15, -0.1) is 31.2 Å². The molecule has 1 aliphatic rings. The summed E-state index contributed by atoms with van der Waals surface area (Å²) >= 11 is 0. The van der Waals surface area contributed by atoms with Gasteiger partial charge in [0.15, 0.2) is 0 Å². The number of para-hydroxylation sites is 1. The Hall–Kier alpha value is -0.206. The topological polar surface area (TPSA) is 12.0 Å². The molecule has 1 aromatic rings. The minimum atomic E-state index is 0. The largest absolute Gasteiger partial charge is 0.385 e. The van der Waals surface area contributed by atoms with Gasteiger partial charge < -0.3 is 42.5 Å². The van der Waals surface area contributed by atoms with E-state index in [9.17, 15) is 0 Å². The maximum atomic E-state index is 3.45. The first kappa shape index (κ1) is 50.1. The molecule has 158 valence electrons. The van der Waals surface area contributed by atoms with Gasteiger partial charge in [0, 0.05) is 33.9 Å². The molecule has 0 saturated heterocycles. The summed E-state index contributed by atoms with van der Waals surface area (Å²) in [4.78, 5) is 0. The standard InChI is InChI=1S/C12H19N.C5H5.5CH3.2ClH.Ti/c1-4-10-8-7-9-11(5-2)12(10)13-6-3;1-2-4-5-3-1;;;;;;;;/h7-9,13H,4-6H2,1-3H3;1-3H,4H2;5*1H3;2*1H;/q;6*-1;;;. The SMILES string of the molecule is CCNc1c(CC)cccc1CC.Cl.Cl.[C-]1=CC=CC1.[CH3-].[CH3-].[CH3-].[CH3-].[CH3-].[Ti]. The minimum absolute atomic E-state index is 0. The Morgan fingerprint density at radius 2 is 1.35 bits per heavy atom. The molecule has 1 nitrogen and oxygen atoms in total. The first-order chi connectivity index (χ1) is 8.83. The second-order valence-corrected chi connectivity index (χ2v) is 4.19. The Labute approximate surface area is 194 Å². The van der Waals surface area contributed by atoms with E-state index >= 15 is 0 Å². The molecule has 0 amide bonds. The van der Waals surface area contributed by atoms with Gasteiger partial charge in [-0.05, 0) is 30.9 Å². The van der Waals surface area contributed by atoms with Crippen LogP contribution >= 0.6 is 24.8 Å². The van der Waals surface area contributed by atoms with E-state index in [2.05, 4.69) is 56.4 Å². The van der Waals surface area contributed by atoms with Gasteiger partial charge in [0.05, 0.1) is 0 Å². The Balaban J connectivity index is -0.0000000371. The van der Waals surface area contributed by atoms with E-state index in [0.29, 0.717) is 0 Å². The summed E-state index contributed by atoms with van der Waals surface area (Å²) < 4.78 is 0. The van der Waals surface area contributed by atoms with Gasteiger partial charge in [-0.3, -0.25) is 6.08 Å². The van der Waals surface area contributed by atoms with E-state index in [4.69, 9.17) is 0 Å². The summed E-state index contributed by atoms with van der Waals surface area (Å²) in [6.45, 7) is 7.56. The number of benzene rings is 1. The smallest absolute Gasteiger partial charge is 0.0404 e. The zero-order valence-corrected chi connectivity index (χ0v) is 21.3. The third kappa shape index (κ3) is 18.6. The molecule has 1 aliphatic carbocycles.